The molecule has 1 aromatic carbocycles. The van der Waals surface area contributed by atoms with Gasteiger partial charge < -0.3 is 10.1 Å². The minimum Gasteiger partial charge on any atom is -0.490 e. The van der Waals surface area contributed by atoms with Crippen LogP contribution < -0.4 is 10.1 Å². The first-order valence-corrected chi connectivity index (χ1v) is 8.06. The van der Waals surface area contributed by atoms with Crippen molar-refractivity contribution in [1.29, 1.82) is 0 Å². The first-order valence-electron chi connectivity index (χ1n) is 8.06. The Balaban J connectivity index is 1.83. The van der Waals surface area contributed by atoms with Crippen LogP contribution in [0.4, 0.5) is 0 Å². The Labute approximate surface area is 135 Å². The van der Waals surface area contributed by atoms with Crippen molar-refractivity contribution in [2.24, 2.45) is 0 Å². The van der Waals surface area contributed by atoms with Crippen molar-refractivity contribution in [3.05, 3.63) is 55.1 Å². The lowest BCUT2D eigenvalue weighted by molar-refractivity contribution is 0.163. The molecule has 0 unspecified atom stereocenters. The van der Waals surface area contributed by atoms with Gasteiger partial charge in [0.2, 0.25) is 0 Å². The Bertz CT molecular complexity index is 798. The molecule has 0 bridgehead atoms. The fourth-order valence-corrected chi connectivity index (χ4v) is 3.16. The highest BCUT2D eigenvalue weighted by Gasteiger charge is 2.18. The summed E-state index contributed by atoms with van der Waals surface area (Å²) in [6.07, 6.45) is 9.74. The normalized spacial score (nSPS) is 15.7. The highest BCUT2D eigenvalue weighted by Crippen LogP contribution is 2.37. The third-order valence-corrected chi connectivity index (χ3v) is 4.33. The molecule has 23 heavy (non-hydrogen) atoms. The van der Waals surface area contributed by atoms with Gasteiger partial charge in [-0.3, -0.25) is 9.97 Å². The van der Waals surface area contributed by atoms with Crippen molar-refractivity contribution >= 4 is 10.8 Å². The lowest BCUT2D eigenvalue weighted by atomic mass is 9.99. The molecule has 0 aliphatic carbocycles. The molecule has 4 nitrogen and oxygen atoms in total. The van der Waals surface area contributed by atoms with Gasteiger partial charge in [0.05, 0.1) is 0 Å². The summed E-state index contributed by atoms with van der Waals surface area (Å²) in [5.41, 5.74) is 2.26. The van der Waals surface area contributed by atoms with E-state index in [-0.39, 0.29) is 6.10 Å². The molecule has 1 saturated heterocycles. The number of benzene rings is 1. The second-order valence-electron chi connectivity index (χ2n) is 5.84. The number of pyridine rings is 2. The van der Waals surface area contributed by atoms with Crippen LogP contribution in [-0.4, -0.2) is 29.2 Å². The van der Waals surface area contributed by atoms with Crippen molar-refractivity contribution in [3.8, 4) is 16.9 Å². The molecule has 1 aliphatic rings. The summed E-state index contributed by atoms with van der Waals surface area (Å²) < 4.78 is 6.37. The van der Waals surface area contributed by atoms with Crippen LogP contribution >= 0.6 is 0 Å². The zero-order valence-electron chi connectivity index (χ0n) is 12.9. The first-order chi connectivity index (χ1) is 11.4. The lowest BCUT2D eigenvalue weighted by Gasteiger charge is -2.25. The molecule has 0 amide bonds. The Kier molecular flexibility index (Phi) is 3.90. The van der Waals surface area contributed by atoms with E-state index >= 15 is 0 Å². The molecule has 2 aromatic heterocycles. The third kappa shape index (κ3) is 2.90. The summed E-state index contributed by atoms with van der Waals surface area (Å²) in [7, 11) is 0. The van der Waals surface area contributed by atoms with Gasteiger partial charge in [-0.05, 0) is 67.2 Å². The first kappa shape index (κ1) is 14.2. The number of rotatable bonds is 3. The van der Waals surface area contributed by atoms with Crippen molar-refractivity contribution in [3.63, 3.8) is 0 Å². The Hall–Kier alpha value is -2.46. The second-order valence-corrected chi connectivity index (χ2v) is 5.84. The van der Waals surface area contributed by atoms with Gasteiger partial charge in [0.25, 0.3) is 0 Å². The quantitative estimate of drug-likeness (QED) is 0.805. The molecule has 1 aliphatic heterocycles. The SMILES string of the molecule is c1cc(-c2c(OC3CCNCC3)ccc3cnccc23)ccn1. The van der Waals surface area contributed by atoms with Crippen LogP contribution in [0, 0.1) is 0 Å². The average molecular weight is 305 g/mol. The van der Waals surface area contributed by atoms with E-state index in [0.717, 1.165) is 53.6 Å². The predicted octanol–water partition coefficient (Wildman–Crippen LogP) is 3.43. The zero-order chi connectivity index (χ0) is 15.5. The fourth-order valence-electron chi connectivity index (χ4n) is 3.16. The molecule has 0 saturated carbocycles. The summed E-state index contributed by atoms with van der Waals surface area (Å²) in [5.74, 6) is 0.946. The van der Waals surface area contributed by atoms with E-state index in [1.165, 1.54) is 0 Å². The smallest absolute Gasteiger partial charge is 0.128 e. The second kappa shape index (κ2) is 6.34. The van der Waals surface area contributed by atoms with Crippen LogP contribution in [0.15, 0.2) is 55.1 Å². The monoisotopic (exact) mass is 305 g/mol. The van der Waals surface area contributed by atoms with Crippen LogP contribution in [0.1, 0.15) is 12.8 Å². The molecule has 0 radical (unpaired) electrons. The van der Waals surface area contributed by atoms with Crippen LogP contribution in [-0.2, 0) is 0 Å². The summed E-state index contributed by atoms with van der Waals surface area (Å²) in [5, 5.41) is 5.67. The molecule has 4 rings (SSSR count). The molecule has 116 valence electrons. The summed E-state index contributed by atoms with van der Waals surface area (Å²) in [4.78, 5) is 8.37. The lowest BCUT2D eigenvalue weighted by Crippen LogP contribution is -2.34. The van der Waals surface area contributed by atoms with Crippen LogP contribution in [0.5, 0.6) is 5.75 Å². The summed E-state index contributed by atoms with van der Waals surface area (Å²) in [6, 6.07) is 10.3. The Morgan fingerprint density at radius 1 is 0.913 bits per heavy atom. The van der Waals surface area contributed by atoms with Gasteiger partial charge in [-0.15, -0.1) is 0 Å². The number of hydrogen-bond acceptors (Lipinski definition) is 4. The molecular formula is C19H19N3O. The largest absolute Gasteiger partial charge is 0.490 e. The maximum absolute atomic E-state index is 6.37. The standard InChI is InChI=1S/C19H19N3O/c1-2-18(23-16-5-10-21-11-6-16)19(14-3-8-20-9-4-14)17-7-12-22-13-15(1)17/h1-4,7-9,12-13,16,21H,5-6,10-11H2. The van der Waals surface area contributed by atoms with E-state index in [9.17, 15) is 0 Å². The van der Waals surface area contributed by atoms with Crippen LogP contribution in [0.25, 0.3) is 21.9 Å². The number of ether oxygens (including phenoxy) is 1. The van der Waals surface area contributed by atoms with Gasteiger partial charge in [-0.2, -0.15) is 0 Å². The molecule has 0 atom stereocenters. The van der Waals surface area contributed by atoms with E-state index in [1.54, 1.807) is 0 Å². The molecular weight excluding hydrogens is 286 g/mol. The van der Waals surface area contributed by atoms with Gasteiger partial charge in [0.15, 0.2) is 0 Å². The van der Waals surface area contributed by atoms with Gasteiger partial charge >= 0.3 is 0 Å². The van der Waals surface area contributed by atoms with Crippen molar-refractivity contribution < 1.29 is 4.74 Å². The van der Waals surface area contributed by atoms with Gasteiger partial charge in [0.1, 0.15) is 11.9 Å². The molecule has 1 fully saturated rings. The third-order valence-electron chi connectivity index (χ3n) is 4.33. The highest BCUT2D eigenvalue weighted by atomic mass is 16.5. The minimum absolute atomic E-state index is 0.274. The highest BCUT2D eigenvalue weighted by molar-refractivity contribution is 5.99. The van der Waals surface area contributed by atoms with Crippen molar-refractivity contribution in [2.75, 3.05) is 13.1 Å². The Morgan fingerprint density at radius 2 is 1.70 bits per heavy atom. The van der Waals surface area contributed by atoms with Gasteiger partial charge in [0, 0.05) is 35.7 Å². The minimum atomic E-state index is 0.274. The number of nitrogens with one attached hydrogen (secondary N) is 1. The van der Waals surface area contributed by atoms with Gasteiger partial charge in [-0.1, -0.05) is 0 Å². The van der Waals surface area contributed by atoms with E-state index < -0.39 is 0 Å². The predicted molar refractivity (Wildman–Crippen MR) is 91.5 cm³/mol. The van der Waals surface area contributed by atoms with E-state index in [2.05, 4.69) is 33.5 Å². The molecule has 0 spiro atoms. The molecule has 3 aromatic rings. The van der Waals surface area contributed by atoms with E-state index in [1.807, 2.05) is 36.9 Å². The zero-order valence-corrected chi connectivity index (χ0v) is 12.9. The number of nitrogens with zero attached hydrogens (tertiary/aromatic N) is 2. The molecule has 1 N–H and O–H groups in total. The molecule has 3 heterocycles. The van der Waals surface area contributed by atoms with E-state index in [4.69, 9.17) is 4.74 Å². The van der Waals surface area contributed by atoms with Crippen molar-refractivity contribution in [2.45, 2.75) is 18.9 Å². The fraction of sp³-hybridized carbons (Fsp3) is 0.263. The van der Waals surface area contributed by atoms with Crippen LogP contribution in [0.3, 0.4) is 0 Å². The summed E-state index contributed by atoms with van der Waals surface area (Å²) >= 11 is 0. The molecule has 4 heteroatoms. The number of hydrogen-bond donors (Lipinski definition) is 1. The maximum Gasteiger partial charge on any atom is 0.128 e. The van der Waals surface area contributed by atoms with Crippen molar-refractivity contribution in [1.82, 2.24) is 15.3 Å². The topological polar surface area (TPSA) is 47.0 Å². The number of aromatic nitrogens is 2. The maximum atomic E-state index is 6.37. The van der Waals surface area contributed by atoms with E-state index in [0.29, 0.717) is 0 Å². The summed E-state index contributed by atoms with van der Waals surface area (Å²) in [6.45, 7) is 2.04. The number of piperidine rings is 1. The number of fused-ring (bicyclic) bond motifs is 1. The van der Waals surface area contributed by atoms with Crippen LogP contribution in [0.2, 0.25) is 0 Å². The Morgan fingerprint density at radius 3 is 2.52 bits per heavy atom. The van der Waals surface area contributed by atoms with Gasteiger partial charge in [-0.25, -0.2) is 0 Å². The average Bonchev–Trinajstić information content (AvgIpc) is 2.63.